The minimum absolute atomic E-state index is 0.0193. The monoisotopic (exact) mass is 340 g/mol. The number of rotatable bonds is 6. The number of thiophene rings is 1. The number of hydrogen-bond acceptors (Lipinski definition) is 6. The highest BCUT2D eigenvalue weighted by atomic mass is 32.2. The van der Waals surface area contributed by atoms with Gasteiger partial charge in [0.25, 0.3) is 0 Å². The van der Waals surface area contributed by atoms with Gasteiger partial charge in [-0.05, 0) is 25.0 Å². The predicted molar refractivity (Wildman–Crippen MR) is 75.3 cm³/mol. The van der Waals surface area contributed by atoms with Gasteiger partial charge in [0.1, 0.15) is 4.21 Å². The van der Waals surface area contributed by atoms with Crippen molar-refractivity contribution in [2.45, 2.75) is 29.7 Å². The van der Waals surface area contributed by atoms with Crippen LogP contribution < -0.4 is 9.86 Å². The Morgan fingerprint density at radius 1 is 1.35 bits per heavy atom. The molecule has 7 nitrogen and oxygen atoms in total. The molecule has 0 aliphatic carbocycles. The van der Waals surface area contributed by atoms with E-state index in [2.05, 4.69) is 4.72 Å². The molecule has 0 saturated carbocycles. The van der Waals surface area contributed by atoms with E-state index in [-0.39, 0.29) is 22.6 Å². The maximum Gasteiger partial charge on any atom is 0.247 e. The van der Waals surface area contributed by atoms with Crippen molar-refractivity contribution in [3.05, 3.63) is 17.0 Å². The van der Waals surface area contributed by atoms with Crippen LogP contribution in [0.25, 0.3) is 0 Å². The van der Waals surface area contributed by atoms with Crippen molar-refractivity contribution in [1.29, 1.82) is 0 Å². The molecule has 1 saturated heterocycles. The molecular weight excluding hydrogens is 324 g/mol. The van der Waals surface area contributed by atoms with Crippen LogP contribution in [0.5, 0.6) is 0 Å². The van der Waals surface area contributed by atoms with Crippen LogP contribution in [0.1, 0.15) is 17.7 Å². The molecule has 2 rings (SSSR count). The molecule has 0 aromatic carbocycles. The fourth-order valence-corrected chi connectivity index (χ4v) is 4.92. The van der Waals surface area contributed by atoms with Crippen LogP contribution in [-0.4, -0.2) is 35.3 Å². The Balaban J connectivity index is 1.92. The molecule has 3 N–H and O–H groups in total. The molecule has 114 valence electrons. The zero-order valence-electron chi connectivity index (χ0n) is 10.6. The van der Waals surface area contributed by atoms with Gasteiger partial charge in [0.05, 0.1) is 11.9 Å². The second kappa shape index (κ2) is 6.08. The Morgan fingerprint density at radius 3 is 2.65 bits per heavy atom. The summed E-state index contributed by atoms with van der Waals surface area (Å²) in [6.07, 6.45) is 1.37. The van der Waals surface area contributed by atoms with Crippen molar-refractivity contribution in [3.8, 4) is 0 Å². The van der Waals surface area contributed by atoms with Gasteiger partial charge in [0.2, 0.25) is 20.0 Å². The zero-order valence-corrected chi connectivity index (χ0v) is 13.1. The van der Waals surface area contributed by atoms with Crippen LogP contribution in [-0.2, 0) is 31.3 Å². The first kappa shape index (κ1) is 15.9. The molecule has 1 atom stereocenters. The van der Waals surface area contributed by atoms with Crippen molar-refractivity contribution in [2.24, 2.45) is 5.14 Å². The fourth-order valence-electron chi connectivity index (χ4n) is 1.87. The van der Waals surface area contributed by atoms with E-state index in [1.807, 2.05) is 0 Å². The number of hydrogen-bond donors (Lipinski definition) is 2. The van der Waals surface area contributed by atoms with E-state index in [9.17, 15) is 16.8 Å². The normalized spacial score (nSPS) is 20.4. The van der Waals surface area contributed by atoms with Crippen molar-refractivity contribution in [1.82, 2.24) is 4.72 Å². The predicted octanol–water partition coefficient (Wildman–Crippen LogP) is -0.00610. The van der Waals surface area contributed by atoms with Crippen LogP contribution in [0.4, 0.5) is 0 Å². The highest BCUT2D eigenvalue weighted by Crippen LogP contribution is 2.20. The Hall–Kier alpha value is -0.520. The topological polar surface area (TPSA) is 116 Å². The van der Waals surface area contributed by atoms with Gasteiger partial charge in [-0.25, -0.2) is 26.7 Å². The number of nitrogens with one attached hydrogen (secondary N) is 1. The van der Waals surface area contributed by atoms with E-state index < -0.39 is 20.0 Å². The average molecular weight is 340 g/mol. The molecule has 1 aliphatic heterocycles. The van der Waals surface area contributed by atoms with Crippen molar-refractivity contribution in [2.75, 3.05) is 12.4 Å². The largest absolute Gasteiger partial charge is 0.377 e. The summed E-state index contributed by atoms with van der Waals surface area (Å²) in [5.41, 5.74) is 0. The van der Waals surface area contributed by atoms with E-state index in [0.29, 0.717) is 11.5 Å². The summed E-state index contributed by atoms with van der Waals surface area (Å²) in [5, 5.41) is 4.99. The molecule has 1 unspecified atom stereocenters. The summed E-state index contributed by atoms with van der Waals surface area (Å²) in [6.45, 7) is 0.651. The van der Waals surface area contributed by atoms with Gasteiger partial charge in [0, 0.05) is 18.0 Å². The maximum absolute atomic E-state index is 11.8. The summed E-state index contributed by atoms with van der Waals surface area (Å²) in [6, 6.07) is 2.91. The minimum Gasteiger partial charge on any atom is -0.377 e. The number of ether oxygens (including phenoxy) is 1. The molecule has 1 aromatic rings. The molecule has 0 radical (unpaired) electrons. The van der Waals surface area contributed by atoms with Gasteiger partial charge in [0.15, 0.2) is 0 Å². The maximum atomic E-state index is 11.8. The third kappa shape index (κ3) is 4.50. The van der Waals surface area contributed by atoms with Gasteiger partial charge < -0.3 is 4.74 Å². The molecule has 10 heteroatoms. The van der Waals surface area contributed by atoms with Crippen molar-refractivity contribution >= 4 is 31.4 Å². The van der Waals surface area contributed by atoms with E-state index >= 15 is 0 Å². The average Bonchev–Trinajstić information content (AvgIpc) is 2.95. The quantitative estimate of drug-likeness (QED) is 0.756. The Bertz CT molecular complexity index is 659. The number of primary sulfonamides is 1. The molecular formula is C10H16N2O5S3. The second-order valence-electron chi connectivity index (χ2n) is 4.50. The highest BCUT2D eigenvalue weighted by Gasteiger charge is 2.23. The third-order valence-corrected chi connectivity index (χ3v) is 6.73. The Morgan fingerprint density at radius 2 is 2.10 bits per heavy atom. The van der Waals surface area contributed by atoms with E-state index in [1.165, 1.54) is 6.07 Å². The molecule has 1 aliphatic rings. The van der Waals surface area contributed by atoms with E-state index in [1.54, 1.807) is 6.07 Å². The van der Waals surface area contributed by atoms with Gasteiger partial charge >= 0.3 is 0 Å². The highest BCUT2D eigenvalue weighted by molar-refractivity contribution is 7.91. The molecule has 0 bridgehead atoms. The van der Waals surface area contributed by atoms with Gasteiger partial charge in [-0.1, -0.05) is 0 Å². The standard InChI is InChI=1S/C10H16N2O5S3/c11-20(15,16)10-4-3-9(18-10)6-12-19(13,14)7-8-2-1-5-17-8/h3-4,8,12H,1-2,5-7H2,(H2,11,15,16). The molecule has 20 heavy (non-hydrogen) atoms. The summed E-state index contributed by atoms with van der Waals surface area (Å²) in [7, 11) is -7.17. The lowest BCUT2D eigenvalue weighted by Gasteiger charge is -2.10. The van der Waals surface area contributed by atoms with Crippen LogP contribution >= 0.6 is 11.3 Å². The summed E-state index contributed by atoms with van der Waals surface area (Å²) >= 11 is 0.952. The lowest BCUT2D eigenvalue weighted by atomic mass is 10.3. The molecule has 0 amide bonds. The smallest absolute Gasteiger partial charge is 0.247 e. The number of sulfonamides is 2. The zero-order chi connectivity index (χ0) is 14.8. The van der Waals surface area contributed by atoms with E-state index in [0.717, 1.165) is 24.2 Å². The first-order valence-corrected chi connectivity index (χ1v) is 9.98. The second-order valence-corrected chi connectivity index (χ2v) is 9.31. The summed E-state index contributed by atoms with van der Waals surface area (Å²) < 4.78 is 53.6. The lowest BCUT2D eigenvalue weighted by Crippen LogP contribution is -2.31. The Labute approximate surface area is 122 Å². The van der Waals surface area contributed by atoms with Crippen LogP contribution in [0.3, 0.4) is 0 Å². The Kier molecular flexibility index (Phi) is 4.82. The van der Waals surface area contributed by atoms with E-state index in [4.69, 9.17) is 9.88 Å². The van der Waals surface area contributed by atoms with Gasteiger partial charge in [-0.15, -0.1) is 11.3 Å². The molecule has 2 heterocycles. The van der Waals surface area contributed by atoms with Crippen molar-refractivity contribution < 1.29 is 21.6 Å². The third-order valence-electron chi connectivity index (χ3n) is 2.81. The first-order chi connectivity index (χ1) is 9.26. The van der Waals surface area contributed by atoms with Crippen LogP contribution in [0, 0.1) is 0 Å². The molecule has 0 spiro atoms. The SMILES string of the molecule is NS(=O)(=O)c1ccc(CNS(=O)(=O)CC2CCCO2)s1. The lowest BCUT2D eigenvalue weighted by molar-refractivity contribution is 0.127. The van der Waals surface area contributed by atoms with Gasteiger partial charge in [-0.3, -0.25) is 0 Å². The first-order valence-electron chi connectivity index (χ1n) is 5.97. The van der Waals surface area contributed by atoms with Crippen LogP contribution in [0.2, 0.25) is 0 Å². The molecule has 1 aromatic heterocycles. The minimum atomic E-state index is -3.73. The van der Waals surface area contributed by atoms with Crippen molar-refractivity contribution in [3.63, 3.8) is 0 Å². The summed E-state index contributed by atoms with van der Waals surface area (Å²) in [5.74, 6) is -0.0690. The molecule has 1 fully saturated rings. The fraction of sp³-hybridized carbons (Fsp3) is 0.600. The number of nitrogens with two attached hydrogens (primary N) is 1. The van der Waals surface area contributed by atoms with Crippen LogP contribution in [0.15, 0.2) is 16.3 Å². The summed E-state index contributed by atoms with van der Waals surface area (Å²) in [4.78, 5) is 0.588. The van der Waals surface area contributed by atoms with Gasteiger partial charge in [-0.2, -0.15) is 0 Å².